The smallest absolute Gasteiger partial charge is 0.206 e. The molecule has 0 unspecified atom stereocenters. The number of hydrogen-bond acceptors (Lipinski definition) is 2. The van der Waals surface area contributed by atoms with E-state index in [9.17, 15) is 0 Å². The molecule has 124 valence electrons. The van der Waals surface area contributed by atoms with Crippen LogP contribution in [-0.2, 0) is 6.54 Å². The zero-order valence-electron chi connectivity index (χ0n) is 14.0. The number of imidazole rings is 1. The van der Waals surface area contributed by atoms with Crippen LogP contribution >= 0.6 is 11.6 Å². The molecule has 2 heterocycles. The van der Waals surface area contributed by atoms with Crippen LogP contribution in [0.2, 0.25) is 5.02 Å². The summed E-state index contributed by atoms with van der Waals surface area (Å²) >= 11 is 6.03. The third kappa shape index (κ3) is 3.01. The molecular weight excluding hydrogens is 318 g/mol. The Hall–Kier alpha value is -2.00. The van der Waals surface area contributed by atoms with E-state index in [0.29, 0.717) is 0 Å². The van der Waals surface area contributed by atoms with Gasteiger partial charge in [0, 0.05) is 18.1 Å². The number of fused-ring (bicyclic) bond motifs is 1. The van der Waals surface area contributed by atoms with Gasteiger partial charge in [-0.2, -0.15) is 0 Å². The minimum atomic E-state index is 0.777. The number of hydrogen-bond donors (Lipinski definition) is 0. The Kier molecular flexibility index (Phi) is 4.19. The highest BCUT2D eigenvalue weighted by Crippen LogP contribution is 2.27. The molecule has 0 aliphatic carbocycles. The average Bonchev–Trinajstić information content (AvgIpc) is 2.96. The Bertz CT molecular complexity index is 830. The van der Waals surface area contributed by atoms with E-state index in [-0.39, 0.29) is 0 Å². The van der Waals surface area contributed by atoms with Gasteiger partial charge in [-0.25, -0.2) is 4.98 Å². The zero-order chi connectivity index (χ0) is 16.5. The number of aromatic nitrogens is 2. The van der Waals surface area contributed by atoms with Crippen LogP contribution in [0.4, 0.5) is 5.95 Å². The molecule has 3 aromatic rings. The van der Waals surface area contributed by atoms with Gasteiger partial charge in [0.1, 0.15) is 0 Å². The molecule has 1 fully saturated rings. The Morgan fingerprint density at radius 1 is 1.04 bits per heavy atom. The van der Waals surface area contributed by atoms with E-state index in [4.69, 9.17) is 16.6 Å². The van der Waals surface area contributed by atoms with E-state index >= 15 is 0 Å². The van der Waals surface area contributed by atoms with Crippen molar-refractivity contribution in [1.82, 2.24) is 9.55 Å². The topological polar surface area (TPSA) is 21.1 Å². The molecule has 3 nitrogen and oxygen atoms in total. The van der Waals surface area contributed by atoms with Gasteiger partial charge >= 0.3 is 0 Å². The molecule has 1 saturated heterocycles. The molecule has 0 saturated carbocycles. The van der Waals surface area contributed by atoms with Crippen LogP contribution in [-0.4, -0.2) is 22.6 Å². The lowest BCUT2D eigenvalue weighted by Gasteiger charge is -2.31. The molecule has 1 aromatic heterocycles. The van der Waals surface area contributed by atoms with E-state index in [1.807, 2.05) is 12.1 Å². The van der Waals surface area contributed by atoms with Gasteiger partial charge in [-0.1, -0.05) is 42.8 Å². The van der Waals surface area contributed by atoms with Crippen LogP contribution in [0.25, 0.3) is 11.0 Å². The minimum Gasteiger partial charge on any atom is -0.342 e. The molecule has 4 heteroatoms. The van der Waals surface area contributed by atoms with Crippen molar-refractivity contribution in [2.75, 3.05) is 18.0 Å². The zero-order valence-corrected chi connectivity index (χ0v) is 14.7. The van der Waals surface area contributed by atoms with E-state index in [1.54, 1.807) is 0 Å². The lowest BCUT2D eigenvalue weighted by Crippen LogP contribution is -2.34. The molecule has 24 heavy (non-hydrogen) atoms. The van der Waals surface area contributed by atoms with Crippen molar-refractivity contribution < 1.29 is 0 Å². The first-order valence-electron chi connectivity index (χ1n) is 8.65. The molecule has 0 atom stereocenters. The molecule has 2 aromatic carbocycles. The number of benzene rings is 2. The predicted molar refractivity (Wildman–Crippen MR) is 101 cm³/mol. The van der Waals surface area contributed by atoms with E-state index in [2.05, 4.69) is 52.8 Å². The number of anilines is 1. The van der Waals surface area contributed by atoms with Crippen molar-refractivity contribution in [3.8, 4) is 0 Å². The summed E-state index contributed by atoms with van der Waals surface area (Å²) in [5, 5.41) is 0.777. The van der Waals surface area contributed by atoms with Crippen LogP contribution in [0.3, 0.4) is 0 Å². The second-order valence-corrected chi connectivity index (χ2v) is 7.22. The van der Waals surface area contributed by atoms with Gasteiger partial charge in [0.25, 0.3) is 0 Å². The number of piperidine rings is 1. The lowest BCUT2D eigenvalue weighted by atomic mass is 10.00. The maximum Gasteiger partial charge on any atom is 0.206 e. The van der Waals surface area contributed by atoms with Crippen molar-refractivity contribution in [1.29, 1.82) is 0 Å². The number of nitrogens with zero attached hydrogens (tertiary/aromatic N) is 3. The summed E-state index contributed by atoms with van der Waals surface area (Å²) < 4.78 is 2.34. The number of para-hydroxylation sites is 2. The maximum atomic E-state index is 6.03. The van der Waals surface area contributed by atoms with Crippen LogP contribution in [0.15, 0.2) is 48.5 Å². The fourth-order valence-electron chi connectivity index (χ4n) is 3.44. The standard InChI is InChI=1S/C20H22ClN3/c1-15-10-12-23(13-11-15)20-22-18-4-2-3-5-19(18)24(20)14-16-6-8-17(21)9-7-16/h2-9,15H,10-14H2,1H3. The second-order valence-electron chi connectivity index (χ2n) is 6.78. The van der Waals surface area contributed by atoms with Crippen molar-refractivity contribution >= 4 is 28.6 Å². The van der Waals surface area contributed by atoms with E-state index < -0.39 is 0 Å². The van der Waals surface area contributed by atoms with Crippen LogP contribution in [0, 0.1) is 5.92 Å². The number of halogens is 1. The Morgan fingerprint density at radius 2 is 1.75 bits per heavy atom. The quantitative estimate of drug-likeness (QED) is 0.671. The average molecular weight is 340 g/mol. The summed E-state index contributed by atoms with van der Waals surface area (Å²) in [4.78, 5) is 7.38. The van der Waals surface area contributed by atoms with Crippen LogP contribution in [0.1, 0.15) is 25.3 Å². The summed E-state index contributed by atoms with van der Waals surface area (Å²) in [5.74, 6) is 1.91. The van der Waals surface area contributed by atoms with Gasteiger partial charge in [0.15, 0.2) is 0 Å². The van der Waals surface area contributed by atoms with Crippen molar-refractivity contribution in [3.05, 3.63) is 59.1 Å². The fraction of sp³-hybridized carbons (Fsp3) is 0.350. The van der Waals surface area contributed by atoms with Crippen LogP contribution in [0.5, 0.6) is 0 Å². The van der Waals surface area contributed by atoms with Crippen LogP contribution < -0.4 is 4.90 Å². The third-order valence-electron chi connectivity index (χ3n) is 4.95. The van der Waals surface area contributed by atoms with Gasteiger partial charge < -0.3 is 9.47 Å². The second kappa shape index (κ2) is 6.48. The first-order valence-corrected chi connectivity index (χ1v) is 9.03. The molecule has 0 spiro atoms. The summed E-state index contributed by atoms with van der Waals surface area (Å²) in [7, 11) is 0. The summed E-state index contributed by atoms with van der Waals surface area (Å²) in [6.07, 6.45) is 2.48. The molecule has 0 bridgehead atoms. The van der Waals surface area contributed by atoms with Gasteiger partial charge in [-0.15, -0.1) is 0 Å². The Morgan fingerprint density at radius 3 is 2.50 bits per heavy atom. The number of rotatable bonds is 3. The first kappa shape index (κ1) is 15.5. The van der Waals surface area contributed by atoms with E-state index in [0.717, 1.165) is 42.0 Å². The summed E-state index contributed by atoms with van der Waals surface area (Å²) in [5.41, 5.74) is 3.51. The molecule has 0 N–H and O–H groups in total. The summed E-state index contributed by atoms with van der Waals surface area (Å²) in [6, 6.07) is 16.5. The molecule has 4 rings (SSSR count). The molecule has 1 aliphatic rings. The lowest BCUT2D eigenvalue weighted by molar-refractivity contribution is 0.432. The van der Waals surface area contributed by atoms with Crippen molar-refractivity contribution in [2.24, 2.45) is 5.92 Å². The highest BCUT2D eigenvalue weighted by atomic mass is 35.5. The third-order valence-corrected chi connectivity index (χ3v) is 5.21. The summed E-state index contributed by atoms with van der Waals surface area (Å²) in [6.45, 7) is 5.34. The predicted octanol–water partition coefficient (Wildman–Crippen LogP) is 4.97. The maximum absolute atomic E-state index is 6.03. The van der Waals surface area contributed by atoms with E-state index in [1.165, 1.54) is 23.9 Å². The molecule has 0 radical (unpaired) electrons. The Labute approximate surface area is 147 Å². The largest absolute Gasteiger partial charge is 0.342 e. The fourth-order valence-corrected chi connectivity index (χ4v) is 3.57. The molecule has 0 amide bonds. The van der Waals surface area contributed by atoms with Crippen molar-refractivity contribution in [3.63, 3.8) is 0 Å². The van der Waals surface area contributed by atoms with Gasteiger partial charge in [-0.3, -0.25) is 0 Å². The molecule has 1 aliphatic heterocycles. The Balaban J connectivity index is 1.74. The first-order chi connectivity index (χ1) is 11.7. The van der Waals surface area contributed by atoms with Crippen molar-refractivity contribution in [2.45, 2.75) is 26.3 Å². The molecular formula is C20H22ClN3. The normalized spacial score (nSPS) is 16.0. The van der Waals surface area contributed by atoms with Gasteiger partial charge in [-0.05, 0) is 48.6 Å². The highest BCUT2D eigenvalue weighted by molar-refractivity contribution is 6.30. The highest BCUT2D eigenvalue weighted by Gasteiger charge is 2.21. The van der Waals surface area contributed by atoms with Gasteiger partial charge in [0.2, 0.25) is 5.95 Å². The van der Waals surface area contributed by atoms with Gasteiger partial charge in [0.05, 0.1) is 17.6 Å². The SMILES string of the molecule is CC1CCN(c2nc3ccccc3n2Cc2ccc(Cl)cc2)CC1. The monoisotopic (exact) mass is 339 g/mol. The minimum absolute atomic E-state index is 0.777.